The van der Waals surface area contributed by atoms with Crippen molar-refractivity contribution in [1.29, 1.82) is 0 Å². The van der Waals surface area contributed by atoms with Gasteiger partial charge < -0.3 is 14.6 Å². The Morgan fingerprint density at radius 2 is 2.07 bits per heavy atom. The van der Waals surface area contributed by atoms with Crippen LogP contribution >= 0.6 is 15.9 Å². The summed E-state index contributed by atoms with van der Waals surface area (Å²) in [6, 6.07) is 8.97. The number of halogens is 1. The highest BCUT2D eigenvalue weighted by atomic mass is 79.9. The second-order valence-corrected chi connectivity index (χ2v) is 7.00. The molecule has 2 aromatic rings. The van der Waals surface area contributed by atoms with Crippen LogP contribution in [0.25, 0.3) is 0 Å². The van der Waals surface area contributed by atoms with Gasteiger partial charge in [-0.2, -0.15) is 5.10 Å². The maximum absolute atomic E-state index is 12.0. The number of aromatic hydroxyl groups is 1. The molecule has 2 N–H and O–H groups in total. The molecule has 1 aliphatic carbocycles. The first kappa shape index (κ1) is 19.2. The summed E-state index contributed by atoms with van der Waals surface area (Å²) < 4.78 is 11.6. The maximum Gasteiger partial charge on any atom is 0.277 e. The maximum atomic E-state index is 12.0. The van der Waals surface area contributed by atoms with E-state index in [1.54, 1.807) is 18.2 Å². The van der Waals surface area contributed by atoms with E-state index in [4.69, 9.17) is 9.47 Å². The number of aryl methyl sites for hydroxylation is 1. The Bertz CT molecular complexity index is 867. The van der Waals surface area contributed by atoms with E-state index in [9.17, 15) is 9.90 Å². The lowest BCUT2D eigenvalue weighted by Crippen LogP contribution is -2.24. The number of rotatable bonds is 6. The number of hydrazone groups is 1. The molecule has 0 unspecified atom stereocenters. The minimum Gasteiger partial charge on any atom is -0.504 e. The van der Waals surface area contributed by atoms with Crippen LogP contribution in [0, 0.1) is 0 Å². The summed E-state index contributed by atoms with van der Waals surface area (Å²) in [5.41, 5.74) is 5.43. The number of hydrogen-bond donors (Lipinski definition) is 2. The van der Waals surface area contributed by atoms with Crippen molar-refractivity contribution in [3.05, 3.63) is 51.5 Å². The zero-order chi connectivity index (χ0) is 19.2. The van der Waals surface area contributed by atoms with Gasteiger partial charge in [0.05, 0.1) is 17.8 Å². The van der Waals surface area contributed by atoms with Crippen LogP contribution in [0.15, 0.2) is 39.9 Å². The number of para-hydroxylation sites is 1. The van der Waals surface area contributed by atoms with Crippen molar-refractivity contribution in [3.63, 3.8) is 0 Å². The van der Waals surface area contributed by atoms with Gasteiger partial charge in [-0.25, -0.2) is 5.43 Å². The van der Waals surface area contributed by atoms with E-state index in [2.05, 4.69) is 32.5 Å². The lowest BCUT2D eigenvalue weighted by Gasteiger charge is -2.19. The van der Waals surface area contributed by atoms with Gasteiger partial charge in [0.15, 0.2) is 18.1 Å². The Morgan fingerprint density at radius 3 is 2.89 bits per heavy atom. The van der Waals surface area contributed by atoms with Crippen LogP contribution in [0.2, 0.25) is 0 Å². The van der Waals surface area contributed by atoms with Gasteiger partial charge in [-0.3, -0.25) is 4.79 Å². The average molecular weight is 433 g/mol. The molecule has 0 spiro atoms. The number of benzene rings is 2. The predicted molar refractivity (Wildman–Crippen MR) is 107 cm³/mol. The van der Waals surface area contributed by atoms with Crippen molar-refractivity contribution >= 4 is 28.1 Å². The fraction of sp³-hybridized carbons (Fsp3) is 0.300. The van der Waals surface area contributed by atoms with E-state index in [0.717, 1.165) is 17.3 Å². The van der Waals surface area contributed by atoms with Gasteiger partial charge in [0.25, 0.3) is 5.91 Å². The second kappa shape index (κ2) is 8.90. The van der Waals surface area contributed by atoms with Crippen molar-refractivity contribution in [1.82, 2.24) is 5.43 Å². The van der Waals surface area contributed by atoms with Gasteiger partial charge in [0.1, 0.15) is 5.75 Å². The number of amides is 1. The number of phenols is 1. The number of nitrogens with zero attached hydrogens (tertiary/aromatic N) is 1. The van der Waals surface area contributed by atoms with E-state index < -0.39 is 5.91 Å². The SMILES string of the molecule is COc1cccc(/C=N\NC(=O)COc2ccc3c(c2Br)CCCC3)c1O. The molecule has 0 saturated heterocycles. The molecule has 7 heteroatoms. The Labute approximate surface area is 166 Å². The van der Waals surface area contributed by atoms with Crippen molar-refractivity contribution < 1.29 is 19.4 Å². The third-order valence-electron chi connectivity index (χ3n) is 4.43. The molecule has 0 aromatic heterocycles. The highest BCUT2D eigenvalue weighted by Crippen LogP contribution is 2.35. The minimum absolute atomic E-state index is 0.0350. The topological polar surface area (TPSA) is 80.2 Å². The first-order chi connectivity index (χ1) is 13.1. The third kappa shape index (κ3) is 4.60. The van der Waals surface area contributed by atoms with Crippen LogP contribution in [-0.2, 0) is 17.6 Å². The molecule has 3 rings (SSSR count). The number of fused-ring (bicyclic) bond motifs is 1. The molecule has 0 fully saturated rings. The van der Waals surface area contributed by atoms with Gasteiger partial charge in [-0.15, -0.1) is 0 Å². The molecular formula is C20H21BrN2O4. The van der Waals surface area contributed by atoms with Crippen LogP contribution < -0.4 is 14.9 Å². The summed E-state index contributed by atoms with van der Waals surface area (Å²) in [5.74, 6) is 0.566. The van der Waals surface area contributed by atoms with Gasteiger partial charge in [0.2, 0.25) is 0 Å². The lowest BCUT2D eigenvalue weighted by molar-refractivity contribution is -0.123. The number of carbonyl (C=O) groups is 1. The van der Waals surface area contributed by atoms with E-state index in [1.165, 1.54) is 37.3 Å². The van der Waals surface area contributed by atoms with Gasteiger partial charge in [-0.1, -0.05) is 12.1 Å². The minimum atomic E-state index is -0.391. The van der Waals surface area contributed by atoms with E-state index >= 15 is 0 Å². The standard InChI is InChI=1S/C20H21BrN2O4/c1-26-17-8-4-6-14(20(17)25)11-22-23-18(24)12-27-16-10-9-13-5-2-3-7-15(13)19(16)21/h4,6,8-11,25H,2-3,5,7,12H2,1H3,(H,23,24)/b22-11-. The van der Waals surface area contributed by atoms with Crippen molar-refractivity contribution in [3.8, 4) is 17.2 Å². The molecular weight excluding hydrogens is 412 g/mol. The molecule has 6 nitrogen and oxygen atoms in total. The Kier molecular flexibility index (Phi) is 6.34. The number of nitrogens with one attached hydrogen (secondary N) is 1. The van der Waals surface area contributed by atoms with Gasteiger partial charge >= 0.3 is 0 Å². The molecule has 27 heavy (non-hydrogen) atoms. The Hall–Kier alpha value is -2.54. The molecule has 0 saturated carbocycles. The van der Waals surface area contributed by atoms with E-state index in [-0.39, 0.29) is 12.4 Å². The first-order valence-electron chi connectivity index (χ1n) is 8.71. The van der Waals surface area contributed by atoms with E-state index in [1.807, 2.05) is 6.07 Å². The number of carbonyl (C=O) groups excluding carboxylic acids is 1. The highest BCUT2D eigenvalue weighted by Gasteiger charge is 2.16. The first-order valence-corrected chi connectivity index (χ1v) is 9.50. The Morgan fingerprint density at radius 1 is 1.26 bits per heavy atom. The van der Waals surface area contributed by atoms with Gasteiger partial charge in [-0.05, 0) is 70.9 Å². The molecule has 142 valence electrons. The lowest BCUT2D eigenvalue weighted by atomic mass is 9.92. The zero-order valence-corrected chi connectivity index (χ0v) is 16.6. The fourth-order valence-electron chi connectivity index (χ4n) is 3.03. The summed E-state index contributed by atoms with van der Waals surface area (Å²) in [6.07, 6.45) is 5.84. The monoisotopic (exact) mass is 432 g/mol. The molecule has 0 heterocycles. The third-order valence-corrected chi connectivity index (χ3v) is 5.30. The molecule has 0 atom stereocenters. The van der Waals surface area contributed by atoms with Crippen LogP contribution in [-0.4, -0.2) is 30.9 Å². The fourth-order valence-corrected chi connectivity index (χ4v) is 3.73. The Balaban J connectivity index is 1.56. The largest absolute Gasteiger partial charge is 0.504 e. The zero-order valence-electron chi connectivity index (χ0n) is 15.0. The smallest absolute Gasteiger partial charge is 0.277 e. The van der Waals surface area contributed by atoms with Crippen LogP contribution in [0.5, 0.6) is 17.2 Å². The predicted octanol–water partition coefficient (Wildman–Crippen LogP) is 3.57. The molecule has 2 aromatic carbocycles. The molecule has 1 amide bonds. The van der Waals surface area contributed by atoms with Crippen molar-refractivity contribution in [2.24, 2.45) is 5.10 Å². The van der Waals surface area contributed by atoms with E-state index in [0.29, 0.717) is 17.1 Å². The summed E-state index contributed by atoms with van der Waals surface area (Å²) in [7, 11) is 1.47. The summed E-state index contributed by atoms with van der Waals surface area (Å²) >= 11 is 3.60. The molecule has 0 bridgehead atoms. The second-order valence-electron chi connectivity index (χ2n) is 6.20. The summed E-state index contributed by atoms with van der Waals surface area (Å²) in [5, 5.41) is 13.8. The quantitative estimate of drug-likeness (QED) is 0.539. The molecule has 0 radical (unpaired) electrons. The average Bonchev–Trinajstić information content (AvgIpc) is 2.69. The highest BCUT2D eigenvalue weighted by molar-refractivity contribution is 9.10. The van der Waals surface area contributed by atoms with Crippen molar-refractivity contribution in [2.75, 3.05) is 13.7 Å². The number of methoxy groups -OCH3 is 1. The van der Waals surface area contributed by atoms with Crippen LogP contribution in [0.3, 0.4) is 0 Å². The number of phenolic OH excluding ortho intramolecular Hbond substituents is 1. The normalized spacial score (nSPS) is 13.3. The van der Waals surface area contributed by atoms with Crippen LogP contribution in [0.4, 0.5) is 0 Å². The van der Waals surface area contributed by atoms with Gasteiger partial charge in [0, 0.05) is 5.56 Å². The molecule has 0 aliphatic heterocycles. The molecule has 1 aliphatic rings. The number of hydrogen-bond acceptors (Lipinski definition) is 5. The summed E-state index contributed by atoms with van der Waals surface area (Å²) in [4.78, 5) is 12.0. The number of ether oxygens (including phenoxy) is 2. The van der Waals surface area contributed by atoms with Crippen molar-refractivity contribution in [2.45, 2.75) is 25.7 Å². The summed E-state index contributed by atoms with van der Waals surface area (Å²) in [6.45, 7) is -0.154. The van der Waals surface area contributed by atoms with Crippen LogP contribution in [0.1, 0.15) is 29.5 Å².